The zero-order valence-electron chi connectivity index (χ0n) is 17.2. The number of carbonyl (C=O) groups excluding carboxylic acids is 1. The summed E-state index contributed by atoms with van der Waals surface area (Å²) in [5.74, 6) is -0.166. The second-order valence-corrected chi connectivity index (χ2v) is 8.37. The Morgan fingerprint density at radius 2 is 1.94 bits per heavy atom. The minimum atomic E-state index is -0.166. The van der Waals surface area contributed by atoms with Gasteiger partial charge in [0.2, 0.25) is 5.91 Å². The number of amides is 1. The Hall–Kier alpha value is -3.97. The minimum Gasteiger partial charge on any atom is -0.361 e. The first kappa shape index (κ1) is 20.0. The molecule has 0 saturated heterocycles. The number of carbonyl (C=O) groups is 1. The van der Waals surface area contributed by atoms with Crippen LogP contribution in [0.1, 0.15) is 16.7 Å². The van der Waals surface area contributed by atoms with E-state index in [1.165, 1.54) is 5.56 Å². The van der Waals surface area contributed by atoms with E-state index in [1.54, 1.807) is 17.6 Å². The highest BCUT2D eigenvalue weighted by atomic mass is 32.1. The van der Waals surface area contributed by atoms with E-state index < -0.39 is 0 Å². The van der Waals surface area contributed by atoms with Crippen LogP contribution < -0.4 is 5.43 Å². The van der Waals surface area contributed by atoms with E-state index in [4.69, 9.17) is 5.10 Å². The molecule has 0 radical (unpaired) electrons. The smallest absolute Gasteiger partial charge is 0.244 e. The number of thiophene rings is 1. The molecule has 5 rings (SSSR count). The van der Waals surface area contributed by atoms with Crippen molar-refractivity contribution in [2.24, 2.45) is 5.10 Å². The van der Waals surface area contributed by atoms with E-state index in [0.717, 1.165) is 32.6 Å². The number of rotatable bonds is 7. The average molecular weight is 440 g/mol. The predicted octanol–water partition coefficient (Wildman–Crippen LogP) is 4.83. The zero-order chi connectivity index (χ0) is 21.8. The van der Waals surface area contributed by atoms with Crippen LogP contribution in [0.25, 0.3) is 21.5 Å². The Morgan fingerprint density at radius 1 is 1.09 bits per heavy atom. The Labute approximate surface area is 189 Å². The number of aromatic nitrogens is 3. The number of hydrazone groups is 1. The van der Waals surface area contributed by atoms with E-state index in [1.807, 2.05) is 77.1 Å². The third kappa shape index (κ3) is 4.38. The van der Waals surface area contributed by atoms with Crippen LogP contribution in [0.2, 0.25) is 0 Å². The fourth-order valence-electron chi connectivity index (χ4n) is 3.65. The summed E-state index contributed by atoms with van der Waals surface area (Å²) in [6.45, 7) is 0.667. The molecule has 6 nitrogen and oxygen atoms in total. The average Bonchev–Trinajstić information content (AvgIpc) is 3.55. The molecule has 0 unspecified atom stereocenters. The van der Waals surface area contributed by atoms with Gasteiger partial charge in [-0.2, -0.15) is 10.2 Å². The van der Waals surface area contributed by atoms with E-state index in [2.05, 4.69) is 27.6 Å². The van der Waals surface area contributed by atoms with Crippen LogP contribution in [0.4, 0.5) is 0 Å². The van der Waals surface area contributed by atoms with Gasteiger partial charge < -0.3 is 4.98 Å². The number of H-pyrrole nitrogens is 1. The molecular weight excluding hydrogens is 418 g/mol. The SMILES string of the molecule is O=C(Cc1c[nH]c2ccccc12)N/N=C/c1cn(Cc2ccccc2)nc1-c1cccs1. The summed E-state index contributed by atoms with van der Waals surface area (Å²) in [6.07, 6.45) is 5.75. The summed E-state index contributed by atoms with van der Waals surface area (Å²) in [5, 5.41) is 12.0. The van der Waals surface area contributed by atoms with Crippen molar-refractivity contribution in [3.63, 3.8) is 0 Å². The van der Waals surface area contributed by atoms with Crippen LogP contribution in [0, 0.1) is 0 Å². The highest BCUT2D eigenvalue weighted by Gasteiger charge is 2.12. The molecule has 3 aromatic heterocycles. The van der Waals surface area contributed by atoms with Gasteiger partial charge in [0.15, 0.2) is 0 Å². The van der Waals surface area contributed by atoms with Crippen LogP contribution in [-0.4, -0.2) is 26.9 Å². The van der Waals surface area contributed by atoms with Crippen molar-refractivity contribution in [1.82, 2.24) is 20.2 Å². The molecule has 0 fully saturated rings. The van der Waals surface area contributed by atoms with Gasteiger partial charge in [-0.1, -0.05) is 54.6 Å². The maximum atomic E-state index is 12.4. The van der Waals surface area contributed by atoms with Gasteiger partial charge in [0.05, 0.1) is 24.1 Å². The van der Waals surface area contributed by atoms with Crippen molar-refractivity contribution in [1.29, 1.82) is 0 Å². The molecule has 32 heavy (non-hydrogen) atoms. The molecule has 2 aromatic carbocycles. The van der Waals surface area contributed by atoms with E-state index in [9.17, 15) is 4.79 Å². The highest BCUT2D eigenvalue weighted by molar-refractivity contribution is 7.13. The van der Waals surface area contributed by atoms with Crippen molar-refractivity contribution < 1.29 is 4.79 Å². The Kier molecular flexibility index (Phi) is 5.63. The first-order valence-electron chi connectivity index (χ1n) is 10.3. The number of nitrogens with zero attached hydrogens (tertiary/aromatic N) is 3. The van der Waals surface area contributed by atoms with Gasteiger partial charge in [0.1, 0.15) is 5.69 Å². The van der Waals surface area contributed by atoms with Gasteiger partial charge in [0, 0.05) is 28.9 Å². The number of benzene rings is 2. The molecule has 2 N–H and O–H groups in total. The first-order valence-corrected chi connectivity index (χ1v) is 11.2. The van der Waals surface area contributed by atoms with E-state index >= 15 is 0 Å². The van der Waals surface area contributed by atoms with Gasteiger partial charge in [-0.25, -0.2) is 5.43 Å². The molecule has 0 atom stereocenters. The number of hydrogen-bond donors (Lipinski definition) is 2. The standard InChI is InChI=1S/C25H21N5OS/c31-24(13-19-14-26-22-10-5-4-9-21(19)22)28-27-15-20-17-30(16-18-7-2-1-3-8-18)29-25(20)23-11-6-12-32-23/h1-12,14-15,17,26H,13,16H2,(H,28,31)/b27-15+. The highest BCUT2D eigenvalue weighted by Crippen LogP contribution is 2.26. The zero-order valence-corrected chi connectivity index (χ0v) is 18.0. The Morgan fingerprint density at radius 3 is 2.78 bits per heavy atom. The lowest BCUT2D eigenvalue weighted by Crippen LogP contribution is -2.19. The number of nitrogens with one attached hydrogen (secondary N) is 2. The molecule has 0 aliphatic heterocycles. The quantitative estimate of drug-likeness (QED) is 0.281. The van der Waals surface area contributed by atoms with Crippen molar-refractivity contribution in [3.05, 3.63) is 101 Å². The normalized spacial score (nSPS) is 11.4. The van der Waals surface area contributed by atoms with E-state index in [0.29, 0.717) is 6.54 Å². The largest absolute Gasteiger partial charge is 0.361 e. The fraction of sp³-hybridized carbons (Fsp3) is 0.0800. The Balaban J connectivity index is 1.31. The molecule has 3 heterocycles. The molecular formula is C25H21N5OS. The topological polar surface area (TPSA) is 75.1 Å². The summed E-state index contributed by atoms with van der Waals surface area (Å²) in [5.41, 5.74) is 7.49. The number of hydrogen-bond acceptors (Lipinski definition) is 4. The summed E-state index contributed by atoms with van der Waals surface area (Å²) in [4.78, 5) is 16.7. The second kappa shape index (κ2) is 9.03. The summed E-state index contributed by atoms with van der Waals surface area (Å²) >= 11 is 1.63. The monoisotopic (exact) mass is 439 g/mol. The van der Waals surface area contributed by atoms with Gasteiger partial charge >= 0.3 is 0 Å². The summed E-state index contributed by atoms with van der Waals surface area (Å²) in [6, 6.07) is 22.2. The van der Waals surface area contributed by atoms with Gasteiger partial charge in [-0.05, 0) is 28.6 Å². The lowest BCUT2D eigenvalue weighted by atomic mass is 10.1. The lowest BCUT2D eigenvalue weighted by molar-refractivity contribution is -0.120. The molecule has 0 aliphatic rings. The molecule has 5 aromatic rings. The molecule has 0 spiro atoms. The third-order valence-electron chi connectivity index (χ3n) is 5.15. The minimum absolute atomic E-state index is 0.166. The number of para-hydroxylation sites is 1. The van der Waals surface area contributed by atoms with Crippen LogP contribution in [0.3, 0.4) is 0 Å². The van der Waals surface area contributed by atoms with E-state index in [-0.39, 0.29) is 12.3 Å². The van der Waals surface area contributed by atoms with Crippen LogP contribution in [-0.2, 0) is 17.8 Å². The van der Waals surface area contributed by atoms with Gasteiger partial charge in [-0.15, -0.1) is 11.3 Å². The predicted molar refractivity (Wildman–Crippen MR) is 129 cm³/mol. The second-order valence-electron chi connectivity index (χ2n) is 7.42. The Bertz CT molecular complexity index is 1370. The summed E-state index contributed by atoms with van der Waals surface area (Å²) < 4.78 is 1.90. The first-order chi connectivity index (χ1) is 15.8. The van der Waals surface area contributed by atoms with Crippen LogP contribution >= 0.6 is 11.3 Å². The maximum absolute atomic E-state index is 12.4. The molecule has 0 saturated carbocycles. The number of fused-ring (bicyclic) bond motifs is 1. The summed E-state index contributed by atoms with van der Waals surface area (Å²) in [7, 11) is 0. The van der Waals surface area contributed by atoms with Crippen molar-refractivity contribution in [3.8, 4) is 10.6 Å². The molecule has 1 amide bonds. The molecule has 158 valence electrons. The number of aromatic amines is 1. The molecule has 7 heteroatoms. The van der Waals surface area contributed by atoms with Crippen LogP contribution in [0.15, 0.2) is 89.6 Å². The van der Waals surface area contributed by atoms with Crippen molar-refractivity contribution in [2.75, 3.05) is 0 Å². The third-order valence-corrected chi connectivity index (χ3v) is 6.03. The maximum Gasteiger partial charge on any atom is 0.244 e. The molecule has 0 aliphatic carbocycles. The fourth-order valence-corrected chi connectivity index (χ4v) is 4.38. The van der Waals surface area contributed by atoms with Gasteiger partial charge in [0.25, 0.3) is 0 Å². The van der Waals surface area contributed by atoms with Crippen molar-refractivity contribution >= 4 is 34.4 Å². The molecule has 0 bridgehead atoms. The van der Waals surface area contributed by atoms with Crippen molar-refractivity contribution in [2.45, 2.75) is 13.0 Å². The lowest BCUT2D eigenvalue weighted by Gasteiger charge is -2.00. The van der Waals surface area contributed by atoms with Crippen LogP contribution in [0.5, 0.6) is 0 Å². The van der Waals surface area contributed by atoms with Gasteiger partial charge in [-0.3, -0.25) is 9.48 Å².